The second kappa shape index (κ2) is 4.84. The third kappa shape index (κ3) is 2.25. The van der Waals surface area contributed by atoms with Gasteiger partial charge in [-0.25, -0.2) is 4.39 Å². The molecule has 1 heterocycles. The van der Waals surface area contributed by atoms with Crippen molar-refractivity contribution in [1.82, 2.24) is 10.6 Å². The van der Waals surface area contributed by atoms with Crippen LogP contribution in [0.4, 0.5) is 4.39 Å². The van der Waals surface area contributed by atoms with E-state index in [2.05, 4.69) is 10.6 Å². The van der Waals surface area contributed by atoms with E-state index in [0.29, 0.717) is 0 Å². The van der Waals surface area contributed by atoms with Crippen molar-refractivity contribution in [2.45, 2.75) is 30.5 Å². The van der Waals surface area contributed by atoms with Crippen LogP contribution in [0.5, 0.6) is 0 Å². The molecule has 0 aromatic carbocycles. The molecule has 1 amide bonds. The fraction of sp³-hybridized carbons (Fsp3) is 0.875. The Bertz CT molecular complexity index is 239. The van der Waals surface area contributed by atoms with Crippen LogP contribution in [0.3, 0.4) is 0 Å². The lowest BCUT2D eigenvalue weighted by molar-refractivity contribution is -0.135. The summed E-state index contributed by atoms with van der Waals surface area (Å²) in [5, 5.41) is 32.2. The molecule has 0 saturated carbocycles. The number of aliphatic hydroxyl groups is 3. The lowest BCUT2D eigenvalue weighted by Gasteiger charge is -2.38. The van der Waals surface area contributed by atoms with Gasteiger partial charge in [0.15, 0.2) is 6.17 Å². The Kier molecular flexibility index (Phi) is 3.97. The van der Waals surface area contributed by atoms with Gasteiger partial charge >= 0.3 is 0 Å². The summed E-state index contributed by atoms with van der Waals surface area (Å²) in [6, 6.07) is -2.17. The molecule has 0 aromatic rings. The van der Waals surface area contributed by atoms with Gasteiger partial charge in [-0.1, -0.05) is 0 Å². The van der Waals surface area contributed by atoms with E-state index in [0.717, 1.165) is 0 Å². The molecule has 15 heavy (non-hydrogen) atoms. The van der Waals surface area contributed by atoms with Crippen LogP contribution in [0.1, 0.15) is 0 Å². The largest absolute Gasteiger partial charge is 0.395 e. The summed E-state index contributed by atoms with van der Waals surface area (Å²) in [4.78, 5) is 11.2. The van der Waals surface area contributed by atoms with Gasteiger partial charge in [-0.2, -0.15) is 0 Å². The molecular weight excluding hydrogens is 207 g/mol. The minimum atomic E-state index is -1.90. The first-order valence-corrected chi connectivity index (χ1v) is 4.61. The predicted molar refractivity (Wildman–Crippen MR) is 48.8 cm³/mol. The number of likely N-dealkylation sites (N-methyl/N-ethyl adjacent to an activating group) is 1. The molecule has 6 nitrogen and oxygen atoms in total. The first-order chi connectivity index (χ1) is 7.02. The van der Waals surface area contributed by atoms with Gasteiger partial charge in [-0.3, -0.25) is 10.1 Å². The molecule has 88 valence electrons. The summed E-state index contributed by atoms with van der Waals surface area (Å²) in [6.07, 6.45) is -5.00. The van der Waals surface area contributed by atoms with Gasteiger partial charge in [-0.15, -0.1) is 0 Å². The standard InChI is InChI=1S/C8H15FN2O4/c1-10-8(15)5-4(9)7(14)6(13)3(2-12)11-5/h3-7,11-14H,2H2,1H3,(H,10,15). The monoisotopic (exact) mass is 222 g/mol. The van der Waals surface area contributed by atoms with Crippen molar-refractivity contribution >= 4 is 5.91 Å². The molecule has 0 aromatic heterocycles. The fourth-order valence-electron chi connectivity index (χ4n) is 1.58. The Labute approximate surface area is 86.1 Å². The summed E-state index contributed by atoms with van der Waals surface area (Å²) < 4.78 is 13.4. The number of amides is 1. The molecule has 5 atom stereocenters. The molecule has 1 aliphatic heterocycles. The van der Waals surface area contributed by atoms with Crippen molar-refractivity contribution < 1.29 is 24.5 Å². The highest BCUT2D eigenvalue weighted by Crippen LogP contribution is 2.18. The highest BCUT2D eigenvalue weighted by atomic mass is 19.1. The normalized spacial score (nSPS) is 41.3. The van der Waals surface area contributed by atoms with Crippen LogP contribution < -0.4 is 10.6 Å². The molecule has 7 heteroatoms. The lowest BCUT2D eigenvalue weighted by Crippen LogP contribution is -2.68. The average Bonchev–Trinajstić information content (AvgIpc) is 2.25. The van der Waals surface area contributed by atoms with E-state index in [1.807, 2.05) is 0 Å². The third-order valence-electron chi connectivity index (χ3n) is 2.53. The van der Waals surface area contributed by atoms with E-state index in [4.69, 9.17) is 5.11 Å². The Morgan fingerprint density at radius 1 is 1.47 bits per heavy atom. The average molecular weight is 222 g/mol. The van der Waals surface area contributed by atoms with E-state index in [-0.39, 0.29) is 0 Å². The summed E-state index contributed by atoms with van der Waals surface area (Å²) in [5.74, 6) is -0.633. The molecular formula is C8H15FN2O4. The Balaban J connectivity index is 2.78. The third-order valence-corrected chi connectivity index (χ3v) is 2.53. The number of hydrogen-bond donors (Lipinski definition) is 5. The van der Waals surface area contributed by atoms with Gasteiger partial charge in [0, 0.05) is 7.05 Å². The van der Waals surface area contributed by atoms with Gasteiger partial charge in [0.05, 0.1) is 12.6 Å². The minimum Gasteiger partial charge on any atom is -0.395 e. The number of carbonyl (C=O) groups is 1. The molecule has 0 spiro atoms. The van der Waals surface area contributed by atoms with E-state index in [1.54, 1.807) is 0 Å². The Morgan fingerprint density at radius 3 is 2.53 bits per heavy atom. The van der Waals surface area contributed by atoms with Crippen molar-refractivity contribution in [2.75, 3.05) is 13.7 Å². The second-order valence-corrected chi connectivity index (χ2v) is 3.47. The van der Waals surface area contributed by atoms with Crippen LogP contribution in [-0.2, 0) is 4.79 Å². The maximum Gasteiger partial charge on any atom is 0.240 e. The zero-order valence-corrected chi connectivity index (χ0v) is 8.22. The van der Waals surface area contributed by atoms with Crippen LogP contribution in [-0.4, -0.2) is 65.3 Å². The molecule has 0 aliphatic carbocycles. The first-order valence-electron chi connectivity index (χ1n) is 4.61. The Hall–Kier alpha value is -0.760. The molecule has 0 bridgehead atoms. The molecule has 1 saturated heterocycles. The van der Waals surface area contributed by atoms with Crippen molar-refractivity contribution in [3.8, 4) is 0 Å². The first kappa shape index (κ1) is 12.3. The number of carbonyl (C=O) groups excluding carboxylic acids is 1. The maximum absolute atomic E-state index is 13.4. The van der Waals surface area contributed by atoms with Gasteiger partial charge in [0.1, 0.15) is 18.2 Å². The maximum atomic E-state index is 13.4. The SMILES string of the molecule is CNC(=O)C1NC(CO)C(O)C(O)C1F. The van der Waals surface area contributed by atoms with Crippen molar-refractivity contribution in [3.63, 3.8) is 0 Å². The number of rotatable bonds is 2. The van der Waals surface area contributed by atoms with Crippen LogP contribution in [0.15, 0.2) is 0 Å². The second-order valence-electron chi connectivity index (χ2n) is 3.47. The number of nitrogens with one attached hydrogen (secondary N) is 2. The summed E-state index contributed by atoms with van der Waals surface area (Å²) in [6.45, 7) is -0.488. The molecule has 0 radical (unpaired) electrons. The summed E-state index contributed by atoms with van der Waals surface area (Å²) >= 11 is 0. The summed E-state index contributed by atoms with van der Waals surface area (Å²) in [7, 11) is 1.34. The number of alkyl halides is 1. The number of aliphatic hydroxyl groups excluding tert-OH is 3. The summed E-state index contributed by atoms with van der Waals surface area (Å²) in [5.41, 5.74) is 0. The van der Waals surface area contributed by atoms with Gasteiger partial charge < -0.3 is 20.6 Å². The van der Waals surface area contributed by atoms with Gasteiger partial charge in [0.25, 0.3) is 0 Å². The lowest BCUT2D eigenvalue weighted by atomic mass is 9.91. The van der Waals surface area contributed by atoms with Crippen LogP contribution in [0.25, 0.3) is 0 Å². The fourth-order valence-corrected chi connectivity index (χ4v) is 1.58. The highest BCUT2D eigenvalue weighted by molar-refractivity contribution is 5.82. The zero-order chi connectivity index (χ0) is 11.6. The predicted octanol–water partition coefficient (Wildman–Crippen LogP) is -2.87. The molecule has 1 fully saturated rings. The van der Waals surface area contributed by atoms with Crippen LogP contribution in [0.2, 0.25) is 0 Å². The smallest absolute Gasteiger partial charge is 0.240 e. The van der Waals surface area contributed by atoms with E-state index in [1.165, 1.54) is 7.05 Å². The van der Waals surface area contributed by atoms with Crippen LogP contribution >= 0.6 is 0 Å². The highest BCUT2D eigenvalue weighted by Gasteiger charge is 2.45. The van der Waals surface area contributed by atoms with Gasteiger partial charge in [-0.05, 0) is 0 Å². The van der Waals surface area contributed by atoms with E-state index < -0.39 is 43.0 Å². The zero-order valence-electron chi connectivity index (χ0n) is 8.22. The number of hydrogen-bond acceptors (Lipinski definition) is 5. The van der Waals surface area contributed by atoms with Crippen molar-refractivity contribution in [2.24, 2.45) is 0 Å². The minimum absolute atomic E-state index is 0.488. The van der Waals surface area contributed by atoms with Crippen molar-refractivity contribution in [1.29, 1.82) is 0 Å². The number of halogens is 1. The van der Waals surface area contributed by atoms with E-state index >= 15 is 0 Å². The molecule has 5 N–H and O–H groups in total. The molecule has 1 rings (SSSR count). The topological polar surface area (TPSA) is 102 Å². The van der Waals surface area contributed by atoms with E-state index in [9.17, 15) is 19.4 Å². The molecule has 1 aliphatic rings. The van der Waals surface area contributed by atoms with Crippen molar-refractivity contribution in [3.05, 3.63) is 0 Å². The van der Waals surface area contributed by atoms with Crippen LogP contribution in [0, 0.1) is 0 Å². The van der Waals surface area contributed by atoms with Gasteiger partial charge in [0.2, 0.25) is 5.91 Å². The Morgan fingerprint density at radius 2 is 2.07 bits per heavy atom. The quantitative estimate of drug-likeness (QED) is 0.345. The molecule has 5 unspecified atom stereocenters. The number of piperidine rings is 1.